The van der Waals surface area contributed by atoms with Gasteiger partial charge in [-0.05, 0) is 49.2 Å². The van der Waals surface area contributed by atoms with Gasteiger partial charge in [-0.25, -0.2) is 4.98 Å². The molecule has 0 amide bonds. The highest BCUT2D eigenvalue weighted by Crippen LogP contribution is 2.39. The van der Waals surface area contributed by atoms with E-state index in [4.69, 9.17) is 36.6 Å². The second-order valence-corrected chi connectivity index (χ2v) is 8.68. The van der Waals surface area contributed by atoms with Crippen molar-refractivity contribution in [2.75, 3.05) is 26.1 Å². The Kier molecular flexibility index (Phi) is 6.46. The lowest BCUT2D eigenvalue weighted by Crippen LogP contribution is -2.30. The predicted molar refractivity (Wildman–Crippen MR) is 131 cm³/mol. The van der Waals surface area contributed by atoms with Crippen LogP contribution in [-0.4, -0.2) is 46.3 Å². The lowest BCUT2D eigenvalue weighted by Gasteiger charge is -2.28. The molecule has 0 radical (unpaired) electrons. The number of anilines is 1. The van der Waals surface area contributed by atoms with Crippen LogP contribution >= 0.6 is 11.6 Å². The highest BCUT2D eigenvalue weighted by Gasteiger charge is 2.27. The number of nitrogens with two attached hydrogens (primary N) is 1. The molecule has 0 bridgehead atoms. The molecule has 3 heterocycles. The fraction of sp³-hybridized carbons (Fsp3) is 0.280. The monoisotopic (exact) mass is 498 g/mol. The highest BCUT2D eigenvalue weighted by atomic mass is 35.5. The normalized spacial score (nSPS) is 18.1. The summed E-state index contributed by atoms with van der Waals surface area (Å²) in [5.74, 6) is 0.354. The molecule has 0 aliphatic carbocycles. The van der Waals surface area contributed by atoms with Crippen LogP contribution < -0.4 is 15.2 Å². The van der Waals surface area contributed by atoms with E-state index in [9.17, 15) is 9.50 Å². The lowest BCUT2D eigenvalue weighted by atomic mass is 10.1. The zero-order valence-corrected chi connectivity index (χ0v) is 19.7. The molecule has 8 nitrogen and oxygen atoms in total. The van der Waals surface area contributed by atoms with Crippen molar-refractivity contribution in [1.29, 1.82) is 0 Å². The molecular formula is C25H24ClFN4O4. The van der Waals surface area contributed by atoms with Crippen molar-refractivity contribution in [3.05, 3.63) is 59.5 Å². The molecule has 1 fully saturated rings. The summed E-state index contributed by atoms with van der Waals surface area (Å²) in [6.07, 6.45) is 2.83. The zero-order chi connectivity index (χ0) is 24.5. The number of nitrogens with zero attached hydrogens (tertiary/aromatic N) is 3. The average Bonchev–Trinajstić information content (AvgIpc) is 3.30. The van der Waals surface area contributed by atoms with Crippen molar-refractivity contribution in [2.45, 2.75) is 25.0 Å². The molecule has 2 aromatic heterocycles. The Bertz CT molecular complexity index is 1350. The molecule has 35 heavy (non-hydrogen) atoms. The van der Waals surface area contributed by atoms with Crippen molar-refractivity contribution in [1.82, 2.24) is 14.8 Å². The van der Waals surface area contributed by atoms with Crippen LogP contribution in [0.3, 0.4) is 0 Å². The summed E-state index contributed by atoms with van der Waals surface area (Å²) >= 11 is 6.54. The van der Waals surface area contributed by atoms with E-state index < -0.39 is 5.82 Å². The van der Waals surface area contributed by atoms with E-state index in [0.717, 1.165) is 12.0 Å². The number of nitrogen functional groups attached to an aromatic ring is 1. The van der Waals surface area contributed by atoms with Gasteiger partial charge >= 0.3 is 0 Å². The molecule has 2 atom stereocenters. The lowest BCUT2D eigenvalue weighted by molar-refractivity contribution is -0.0402. The van der Waals surface area contributed by atoms with Crippen LogP contribution in [0.1, 0.15) is 18.9 Å². The van der Waals surface area contributed by atoms with E-state index in [2.05, 4.69) is 4.98 Å². The third-order valence-corrected chi connectivity index (χ3v) is 6.39. The number of pyridine rings is 1. The fourth-order valence-corrected chi connectivity index (χ4v) is 4.52. The summed E-state index contributed by atoms with van der Waals surface area (Å²) in [5, 5.41) is 15.3. The van der Waals surface area contributed by atoms with Gasteiger partial charge in [0.25, 0.3) is 0 Å². The van der Waals surface area contributed by atoms with E-state index in [1.807, 2.05) is 16.8 Å². The summed E-state index contributed by atoms with van der Waals surface area (Å²) in [4.78, 5) is 4.23. The summed E-state index contributed by atoms with van der Waals surface area (Å²) in [6, 6.07) is 11.7. The Morgan fingerprint density at radius 1 is 1.20 bits per heavy atom. The number of benzene rings is 2. The molecule has 0 spiro atoms. The summed E-state index contributed by atoms with van der Waals surface area (Å²) in [6.45, 7) is 0.391. The molecule has 182 valence electrons. The number of hydrogen-bond donors (Lipinski definition) is 2. The number of halogens is 2. The second kappa shape index (κ2) is 9.69. The number of methoxy groups -OCH3 is 1. The van der Waals surface area contributed by atoms with Crippen molar-refractivity contribution in [2.24, 2.45) is 0 Å². The molecule has 10 heteroatoms. The Labute approximate surface area is 206 Å². The van der Waals surface area contributed by atoms with Crippen LogP contribution in [-0.2, 0) is 4.74 Å². The Hall–Kier alpha value is -3.40. The van der Waals surface area contributed by atoms with Crippen LogP contribution in [0.2, 0.25) is 5.02 Å². The van der Waals surface area contributed by atoms with Crippen LogP contribution in [0.15, 0.2) is 48.7 Å². The maximum absolute atomic E-state index is 14.5. The largest absolute Gasteiger partial charge is 0.494 e. The fourth-order valence-electron chi connectivity index (χ4n) is 4.29. The number of aliphatic hydroxyl groups is 1. The van der Waals surface area contributed by atoms with Gasteiger partial charge in [-0.3, -0.25) is 4.68 Å². The maximum atomic E-state index is 14.5. The summed E-state index contributed by atoms with van der Waals surface area (Å²) < 4.78 is 32.8. The molecule has 4 aromatic rings. The van der Waals surface area contributed by atoms with Gasteiger partial charge < -0.3 is 25.1 Å². The van der Waals surface area contributed by atoms with Gasteiger partial charge in [0.1, 0.15) is 17.3 Å². The smallest absolute Gasteiger partial charge is 0.207 e. The molecule has 2 aromatic carbocycles. The summed E-state index contributed by atoms with van der Waals surface area (Å²) in [5.41, 5.74) is 8.34. The van der Waals surface area contributed by atoms with E-state index in [1.54, 1.807) is 18.2 Å². The third-order valence-electron chi connectivity index (χ3n) is 6.11. The predicted octanol–water partition coefficient (Wildman–Crippen LogP) is 4.99. The topological polar surface area (TPSA) is 105 Å². The maximum Gasteiger partial charge on any atom is 0.207 e. The standard InChI is InChI=1S/C25H24ClFN4O4/c1-33-19-3-2-4-20(22(19)27)35-16-8-5-14(6-9-16)23-21-24(18(26)11-29-25(21)28)31(30-23)15-7-10-17(12-32)34-13-15/h2-6,8-9,11,15,17,32H,7,10,12-13H2,1H3,(H2,28,29). The van der Waals surface area contributed by atoms with Crippen molar-refractivity contribution in [3.63, 3.8) is 0 Å². The number of aromatic nitrogens is 3. The molecule has 1 saturated heterocycles. The second-order valence-electron chi connectivity index (χ2n) is 8.28. The molecule has 1 aliphatic rings. The van der Waals surface area contributed by atoms with Crippen molar-refractivity contribution in [3.8, 4) is 28.5 Å². The first-order valence-corrected chi connectivity index (χ1v) is 11.5. The minimum atomic E-state index is -0.574. The van der Waals surface area contributed by atoms with Crippen molar-refractivity contribution < 1.29 is 23.7 Å². The highest BCUT2D eigenvalue weighted by molar-refractivity contribution is 6.35. The summed E-state index contributed by atoms with van der Waals surface area (Å²) in [7, 11) is 1.40. The number of aliphatic hydroxyl groups excluding tert-OH is 1. The number of fused-ring (bicyclic) bond motifs is 1. The first-order valence-electron chi connectivity index (χ1n) is 11.2. The SMILES string of the molecule is COc1cccc(Oc2ccc(-c3nn(C4CCC(CO)OC4)c4c(Cl)cnc(N)c34)cc2)c1F. The Morgan fingerprint density at radius 3 is 2.66 bits per heavy atom. The van der Waals surface area contributed by atoms with Gasteiger partial charge in [-0.2, -0.15) is 9.49 Å². The van der Waals surface area contributed by atoms with Gasteiger partial charge in [0, 0.05) is 5.56 Å². The quantitative estimate of drug-likeness (QED) is 0.386. The number of rotatable bonds is 6. The van der Waals surface area contributed by atoms with Crippen molar-refractivity contribution >= 4 is 28.3 Å². The van der Waals surface area contributed by atoms with E-state index in [0.29, 0.717) is 46.2 Å². The van der Waals surface area contributed by atoms with E-state index in [1.165, 1.54) is 25.4 Å². The van der Waals surface area contributed by atoms with Crippen LogP contribution in [0.5, 0.6) is 17.2 Å². The molecule has 2 unspecified atom stereocenters. The minimum Gasteiger partial charge on any atom is -0.494 e. The first-order chi connectivity index (χ1) is 17.0. The first kappa shape index (κ1) is 23.3. The number of hydrogen-bond acceptors (Lipinski definition) is 7. The van der Waals surface area contributed by atoms with Gasteiger partial charge in [0.2, 0.25) is 5.82 Å². The van der Waals surface area contributed by atoms with E-state index >= 15 is 0 Å². The van der Waals surface area contributed by atoms with Crippen LogP contribution in [0, 0.1) is 5.82 Å². The molecular weight excluding hydrogens is 475 g/mol. The van der Waals surface area contributed by atoms with Gasteiger partial charge in [-0.15, -0.1) is 0 Å². The van der Waals surface area contributed by atoms with Gasteiger partial charge in [0.15, 0.2) is 11.5 Å². The van der Waals surface area contributed by atoms with Crippen LogP contribution in [0.25, 0.3) is 22.2 Å². The number of ether oxygens (including phenoxy) is 3. The third kappa shape index (κ3) is 4.38. The minimum absolute atomic E-state index is 0.0104. The Morgan fingerprint density at radius 2 is 1.97 bits per heavy atom. The zero-order valence-electron chi connectivity index (χ0n) is 18.9. The molecule has 3 N–H and O–H groups in total. The van der Waals surface area contributed by atoms with E-state index in [-0.39, 0.29) is 30.3 Å². The molecule has 1 aliphatic heterocycles. The van der Waals surface area contributed by atoms with Gasteiger partial charge in [0.05, 0.1) is 54.6 Å². The molecule has 5 rings (SSSR count). The van der Waals surface area contributed by atoms with Crippen LogP contribution in [0.4, 0.5) is 10.2 Å². The Balaban J connectivity index is 1.50. The average molecular weight is 499 g/mol. The molecule has 0 saturated carbocycles. The van der Waals surface area contributed by atoms with Gasteiger partial charge in [-0.1, -0.05) is 17.7 Å².